The van der Waals surface area contributed by atoms with Crippen molar-refractivity contribution in [2.75, 3.05) is 13.1 Å². The zero-order valence-corrected chi connectivity index (χ0v) is 14.1. The van der Waals surface area contributed by atoms with Crippen molar-refractivity contribution in [3.8, 4) is 11.9 Å². The molecule has 3 rings (SSSR count). The molecule has 1 atom stereocenters. The quantitative estimate of drug-likeness (QED) is 0.851. The molecular formula is C19H25N3O2. The number of ether oxygens (including phenoxy) is 1. The number of hydrogen-bond acceptors (Lipinski definition) is 4. The number of hydrogen-bond donors (Lipinski definition) is 0. The van der Waals surface area contributed by atoms with Crippen LogP contribution in [0.3, 0.4) is 0 Å². The molecule has 2 fully saturated rings. The summed E-state index contributed by atoms with van der Waals surface area (Å²) in [5, 5.41) is 8.95. The molecule has 2 heterocycles. The van der Waals surface area contributed by atoms with Gasteiger partial charge in [0, 0.05) is 25.2 Å². The number of carbonyl (C=O) groups is 1. The van der Waals surface area contributed by atoms with Crippen LogP contribution in [0.2, 0.25) is 0 Å². The monoisotopic (exact) mass is 327 g/mol. The second-order valence-electron chi connectivity index (χ2n) is 6.92. The van der Waals surface area contributed by atoms with Crippen molar-refractivity contribution in [2.24, 2.45) is 5.92 Å². The van der Waals surface area contributed by atoms with Crippen LogP contribution in [-0.4, -0.2) is 35.0 Å². The molecule has 5 heteroatoms. The Morgan fingerprint density at radius 3 is 2.92 bits per heavy atom. The lowest BCUT2D eigenvalue weighted by Crippen LogP contribution is -2.45. The molecule has 0 unspecified atom stereocenters. The van der Waals surface area contributed by atoms with Gasteiger partial charge in [-0.3, -0.25) is 4.79 Å². The fourth-order valence-electron chi connectivity index (χ4n) is 3.74. The second kappa shape index (κ2) is 8.14. The molecule has 1 amide bonds. The lowest BCUT2D eigenvalue weighted by atomic mass is 9.86. The number of pyridine rings is 1. The summed E-state index contributed by atoms with van der Waals surface area (Å²) < 4.78 is 5.91. The molecule has 24 heavy (non-hydrogen) atoms. The van der Waals surface area contributed by atoms with Crippen molar-refractivity contribution in [2.45, 2.75) is 57.5 Å². The first-order valence-corrected chi connectivity index (χ1v) is 9.05. The molecule has 0 spiro atoms. The van der Waals surface area contributed by atoms with Gasteiger partial charge < -0.3 is 9.64 Å². The molecule has 1 saturated carbocycles. The third kappa shape index (κ3) is 4.47. The largest absolute Gasteiger partial charge is 0.472 e. The molecule has 1 saturated heterocycles. The van der Waals surface area contributed by atoms with Crippen molar-refractivity contribution in [1.29, 1.82) is 5.26 Å². The van der Waals surface area contributed by atoms with Gasteiger partial charge in [-0.2, -0.15) is 5.26 Å². The molecule has 5 nitrogen and oxygen atoms in total. The van der Waals surface area contributed by atoms with E-state index < -0.39 is 0 Å². The Morgan fingerprint density at radius 2 is 2.12 bits per heavy atom. The first kappa shape index (κ1) is 16.8. The Labute approximate surface area is 143 Å². The average Bonchev–Trinajstić information content (AvgIpc) is 2.63. The maximum atomic E-state index is 12.6. The maximum absolute atomic E-state index is 12.6. The molecule has 0 bridgehead atoms. The van der Waals surface area contributed by atoms with Crippen LogP contribution in [0, 0.1) is 17.2 Å². The number of carbonyl (C=O) groups excluding carboxylic acids is 1. The Morgan fingerprint density at radius 1 is 1.29 bits per heavy atom. The van der Waals surface area contributed by atoms with E-state index >= 15 is 0 Å². The van der Waals surface area contributed by atoms with Crippen LogP contribution in [0.15, 0.2) is 18.3 Å². The summed E-state index contributed by atoms with van der Waals surface area (Å²) >= 11 is 0. The molecule has 0 radical (unpaired) electrons. The number of piperidine rings is 1. The third-order valence-electron chi connectivity index (χ3n) is 5.07. The van der Waals surface area contributed by atoms with Crippen LogP contribution < -0.4 is 4.74 Å². The highest BCUT2D eigenvalue weighted by molar-refractivity contribution is 5.76. The summed E-state index contributed by atoms with van der Waals surface area (Å²) in [5.41, 5.74) is 0.543. The van der Waals surface area contributed by atoms with Crippen LogP contribution in [0.1, 0.15) is 56.9 Å². The standard InChI is InChI=1S/C19H25N3O2/c20-13-16-8-9-21-18(11-16)24-17-7-4-10-22(14-17)19(23)12-15-5-2-1-3-6-15/h8-9,11,15,17H,1-7,10,12,14H2/t17-/m1/s1. The van der Waals surface area contributed by atoms with Crippen LogP contribution in [0.4, 0.5) is 0 Å². The average molecular weight is 327 g/mol. The number of likely N-dealkylation sites (tertiary alicyclic amines) is 1. The van der Waals surface area contributed by atoms with Gasteiger partial charge in [0.25, 0.3) is 0 Å². The highest BCUT2D eigenvalue weighted by atomic mass is 16.5. The van der Waals surface area contributed by atoms with E-state index in [1.807, 2.05) is 4.90 Å². The van der Waals surface area contributed by atoms with E-state index in [1.54, 1.807) is 18.3 Å². The number of nitriles is 1. The van der Waals surface area contributed by atoms with Crippen molar-refractivity contribution >= 4 is 5.91 Å². The first-order valence-electron chi connectivity index (χ1n) is 9.05. The van der Waals surface area contributed by atoms with Gasteiger partial charge in [0.2, 0.25) is 11.8 Å². The minimum absolute atomic E-state index is 0.0319. The highest BCUT2D eigenvalue weighted by Crippen LogP contribution is 2.27. The van der Waals surface area contributed by atoms with E-state index in [0.717, 1.165) is 19.4 Å². The summed E-state index contributed by atoms with van der Waals surface area (Å²) in [5.74, 6) is 1.32. The summed E-state index contributed by atoms with van der Waals surface area (Å²) in [6.45, 7) is 1.46. The third-order valence-corrected chi connectivity index (χ3v) is 5.07. The predicted molar refractivity (Wildman–Crippen MR) is 90.4 cm³/mol. The van der Waals surface area contributed by atoms with Gasteiger partial charge in [-0.15, -0.1) is 0 Å². The van der Waals surface area contributed by atoms with Crippen LogP contribution >= 0.6 is 0 Å². The van der Waals surface area contributed by atoms with Gasteiger partial charge in [-0.05, 0) is 37.7 Å². The summed E-state index contributed by atoms with van der Waals surface area (Å²) in [6, 6.07) is 5.41. The van der Waals surface area contributed by atoms with Crippen LogP contribution in [-0.2, 0) is 4.79 Å². The zero-order chi connectivity index (χ0) is 16.8. The zero-order valence-electron chi connectivity index (χ0n) is 14.1. The minimum Gasteiger partial charge on any atom is -0.472 e. The molecule has 2 aliphatic rings. The van der Waals surface area contributed by atoms with Crippen LogP contribution in [0.5, 0.6) is 5.88 Å². The van der Waals surface area contributed by atoms with E-state index in [9.17, 15) is 4.79 Å². The van der Waals surface area contributed by atoms with Gasteiger partial charge >= 0.3 is 0 Å². The van der Waals surface area contributed by atoms with E-state index in [1.165, 1.54) is 32.1 Å². The minimum atomic E-state index is -0.0319. The van der Waals surface area contributed by atoms with Crippen molar-refractivity contribution < 1.29 is 9.53 Å². The van der Waals surface area contributed by atoms with E-state index in [-0.39, 0.29) is 12.0 Å². The molecular weight excluding hydrogens is 302 g/mol. The normalized spacial score (nSPS) is 22.0. The SMILES string of the molecule is N#Cc1ccnc(O[C@@H]2CCCN(C(=O)CC3CCCCC3)C2)c1. The molecule has 0 N–H and O–H groups in total. The summed E-state index contributed by atoms with van der Waals surface area (Å²) in [4.78, 5) is 18.7. The lowest BCUT2D eigenvalue weighted by molar-refractivity contribution is -0.135. The molecule has 1 aliphatic heterocycles. The van der Waals surface area contributed by atoms with Crippen molar-refractivity contribution in [1.82, 2.24) is 9.88 Å². The smallest absolute Gasteiger partial charge is 0.222 e. The number of rotatable bonds is 4. The first-order chi connectivity index (χ1) is 11.7. The Hall–Kier alpha value is -2.09. The fraction of sp³-hybridized carbons (Fsp3) is 0.632. The fourth-order valence-corrected chi connectivity index (χ4v) is 3.74. The maximum Gasteiger partial charge on any atom is 0.222 e. The van der Waals surface area contributed by atoms with Gasteiger partial charge in [-0.1, -0.05) is 19.3 Å². The second-order valence-corrected chi connectivity index (χ2v) is 6.92. The van der Waals surface area contributed by atoms with E-state index in [0.29, 0.717) is 30.3 Å². The molecule has 1 aromatic rings. The number of aromatic nitrogens is 1. The Bertz CT molecular complexity index is 605. The Balaban J connectivity index is 1.53. The van der Waals surface area contributed by atoms with Gasteiger partial charge in [-0.25, -0.2) is 4.98 Å². The highest BCUT2D eigenvalue weighted by Gasteiger charge is 2.27. The predicted octanol–water partition coefficient (Wildman–Crippen LogP) is 3.29. The molecule has 128 valence electrons. The molecule has 1 aliphatic carbocycles. The molecule has 1 aromatic heterocycles. The summed E-state index contributed by atoms with van der Waals surface area (Å²) in [6.07, 6.45) is 10.4. The lowest BCUT2D eigenvalue weighted by Gasteiger charge is -2.34. The van der Waals surface area contributed by atoms with Gasteiger partial charge in [0.15, 0.2) is 0 Å². The van der Waals surface area contributed by atoms with Gasteiger partial charge in [0.1, 0.15) is 6.10 Å². The topological polar surface area (TPSA) is 66.2 Å². The van der Waals surface area contributed by atoms with E-state index in [2.05, 4.69) is 11.1 Å². The summed E-state index contributed by atoms with van der Waals surface area (Å²) in [7, 11) is 0. The molecule has 0 aromatic carbocycles. The number of amides is 1. The van der Waals surface area contributed by atoms with Crippen LogP contribution in [0.25, 0.3) is 0 Å². The number of nitrogens with zero attached hydrogens (tertiary/aromatic N) is 3. The van der Waals surface area contributed by atoms with E-state index in [4.69, 9.17) is 10.00 Å². The van der Waals surface area contributed by atoms with Gasteiger partial charge in [0.05, 0.1) is 18.2 Å². The van der Waals surface area contributed by atoms with Crippen molar-refractivity contribution in [3.05, 3.63) is 23.9 Å². The van der Waals surface area contributed by atoms with Crippen molar-refractivity contribution in [3.63, 3.8) is 0 Å². The Kier molecular flexibility index (Phi) is 5.68.